The van der Waals surface area contributed by atoms with Gasteiger partial charge in [-0.1, -0.05) is 12.1 Å². The summed E-state index contributed by atoms with van der Waals surface area (Å²) in [4.78, 5) is 22.8. The van der Waals surface area contributed by atoms with Gasteiger partial charge in [0.2, 0.25) is 5.91 Å². The zero-order valence-corrected chi connectivity index (χ0v) is 18.5. The van der Waals surface area contributed by atoms with Gasteiger partial charge in [0.05, 0.1) is 25.1 Å². The lowest BCUT2D eigenvalue weighted by Crippen LogP contribution is -2.14. The third-order valence-electron chi connectivity index (χ3n) is 4.98. The summed E-state index contributed by atoms with van der Waals surface area (Å²) in [6.45, 7) is 1.01. The van der Waals surface area contributed by atoms with Crippen molar-refractivity contribution in [1.29, 1.82) is 0 Å². The average Bonchev–Trinajstić information content (AvgIpc) is 3.15. The van der Waals surface area contributed by atoms with Crippen molar-refractivity contribution in [2.45, 2.75) is 12.6 Å². The third kappa shape index (κ3) is 5.47. The summed E-state index contributed by atoms with van der Waals surface area (Å²) in [6.07, 6.45) is 5.85. The van der Waals surface area contributed by atoms with Crippen molar-refractivity contribution in [1.82, 2.24) is 9.78 Å². The van der Waals surface area contributed by atoms with Crippen molar-refractivity contribution < 1.29 is 23.1 Å². The van der Waals surface area contributed by atoms with Gasteiger partial charge in [0.15, 0.2) is 6.16 Å². The number of benzene rings is 2. The molecule has 1 aromatic heterocycles. The zero-order chi connectivity index (χ0) is 22.6. The molecule has 1 fully saturated rings. The standard InChI is InChI=1S/C23H23FN3O4P/c1-27-23(18-5-8-20(24)9-6-18)19(15-25-27)7-12-22(28)26-21-10-3-17(4-11-21)16-32(29)30-13-2-14-31-32/h3-12,15,29H,2,13-14,16H2,1H3/p+1. The van der Waals surface area contributed by atoms with E-state index in [2.05, 4.69) is 10.4 Å². The van der Waals surface area contributed by atoms with Crippen molar-refractivity contribution in [3.05, 3.63) is 77.7 Å². The van der Waals surface area contributed by atoms with Crippen LogP contribution in [0.5, 0.6) is 0 Å². The highest BCUT2D eigenvalue weighted by molar-refractivity contribution is 7.59. The molecule has 0 aliphatic carbocycles. The molecule has 1 saturated heterocycles. The molecule has 0 saturated carbocycles. The maximum absolute atomic E-state index is 13.2. The molecule has 2 aromatic carbocycles. The number of halogens is 1. The second kappa shape index (κ2) is 9.71. The Kier molecular flexibility index (Phi) is 6.77. The SMILES string of the molecule is Cn1ncc(C=CC(=O)Nc2ccc(C[P+]3(O)OCCCO3)cc2)c1-c1ccc(F)cc1. The Hall–Kier alpha value is -2.90. The van der Waals surface area contributed by atoms with Crippen molar-refractivity contribution in [3.8, 4) is 11.3 Å². The number of carbonyl (C=O) groups excluding carboxylic acids is 1. The summed E-state index contributed by atoms with van der Waals surface area (Å²) in [7, 11) is -1.04. The van der Waals surface area contributed by atoms with Crippen molar-refractivity contribution in [2.24, 2.45) is 7.05 Å². The topological polar surface area (TPSA) is 85.6 Å². The Labute approximate surface area is 186 Å². The number of nitrogens with one attached hydrogen (secondary N) is 1. The van der Waals surface area contributed by atoms with E-state index in [1.165, 1.54) is 18.2 Å². The second-order valence-corrected chi connectivity index (χ2v) is 9.52. The number of hydrogen-bond acceptors (Lipinski definition) is 5. The summed E-state index contributed by atoms with van der Waals surface area (Å²) in [6, 6.07) is 13.3. The summed E-state index contributed by atoms with van der Waals surface area (Å²) in [5.74, 6) is -0.607. The molecule has 1 aliphatic rings. The number of carbonyl (C=O) groups is 1. The van der Waals surface area contributed by atoms with Crippen LogP contribution in [0.25, 0.3) is 17.3 Å². The molecular formula is C23H24FN3O4P+. The highest BCUT2D eigenvalue weighted by atomic mass is 31.2. The highest BCUT2D eigenvalue weighted by Crippen LogP contribution is 2.61. The molecule has 0 unspecified atom stereocenters. The number of rotatable bonds is 6. The van der Waals surface area contributed by atoms with Gasteiger partial charge < -0.3 is 5.32 Å². The van der Waals surface area contributed by atoms with Gasteiger partial charge in [-0.05, 0) is 48.0 Å². The van der Waals surface area contributed by atoms with Crippen LogP contribution in [0, 0.1) is 5.82 Å². The minimum absolute atomic E-state index is 0.295. The van der Waals surface area contributed by atoms with Crippen LogP contribution in [0.1, 0.15) is 17.5 Å². The molecule has 0 spiro atoms. The van der Waals surface area contributed by atoms with Gasteiger partial charge in [0.25, 0.3) is 0 Å². The van der Waals surface area contributed by atoms with Crippen LogP contribution in [0.3, 0.4) is 0 Å². The average molecular weight is 456 g/mol. The molecule has 0 bridgehead atoms. The molecule has 1 aliphatic heterocycles. The maximum atomic E-state index is 13.2. The van der Waals surface area contributed by atoms with E-state index in [9.17, 15) is 14.1 Å². The number of aryl methyl sites for hydroxylation is 1. The number of aromatic nitrogens is 2. The first kappa shape index (κ1) is 22.3. The van der Waals surface area contributed by atoms with Gasteiger partial charge in [0.1, 0.15) is 5.82 Å². The van der Waals surface area contributed by atoms with Crippen molar-refractivity contribution >= 4 is 25.6 Å². The van der Waals surface area contributed by atoms with E-state index in [0.717, 1.165) is 28.8 Å². The second-order valence-electron chi connectivity index (χ2n) is 7.41. The number of nitrogens with zero attached hydrogens (tertiary/aromatic N) is 2. The van der Waals surface area contributed by atoms with E-state index in [4.69, 9.17) is 9.05 Å². The smallest absolute Gasteiger partial charge is 0.323 e. The van der Waals surface area contributed by atoms with Crippen molar-refractivity contribution in [3.63, 3.8) is 0 Å². The molecule has 2 N–H and O–H groups in total. The predicted octanol–water partition coefficient (Wildman–Crippen LogP) is 4.57. The Bertz CT molecular complexity index is 1110. The number of anilines is 1. The van der Waals surface area contributed by atoms with Crippen LogP contribution in [0.15, 0.2) is 60.8 Å². The Morgan fingerprint density at radius 1 is 1.19 bits per heavy atom. The van der Waals surface area contributed by atoms with Gasteiger partial charge in [-0.25, -0.2) is 4.39 Å². The van der Waals surface area contributed by atoms with E-state index in [1.54, 1.807) is 48.3 Å². The zero-order valence-electron chi connectivity index (χ0n) is 17.6. The summed E-state index contributed by atoms with van der Waals surface area (Å²) in [5, 5.41) is 7.05. The van der Waals surface area contributed by atoms with Gasteiger partial charge >= 0.3 is 7.94 Å². The number of hydrogen-bond donors (Lipinski definition) is 2. The molecule has 4 rings (SSSR count). The minimum Gasteiger partial charge on any atom is -0.323 e. The molecule has 0 radical (unpaired) electrons. The van der Waals surface area contributed by atoms with Crippen LogP contribution in [-0.2, 0) is 27.1 Å². The normalized spacial score (nSPS) is 15.7. The van der Waals surface area contributed by atoms with Crippen LogP contribution < -0.4 is 5.32 Å². The largest absolute Gasteiger partial charge is 0.413 e. The van der Waals surface area contributed by atoms with Gasteiger partial charge in [-0.3, -0.25) is 9.48 Å². The quantitative estimate of drug-likeness (QED) is 0.419. The molecule has 2 heterocycles. The Morgan fingerprint density at radius 3 is 2.56 bits per heavy atom. The molecule has 32 heavy (non-hydrogen) atoms. The summed E-state index contributed by atoms with van der Waals surface area (Å²) in [5.41, 5.74) is 3.83. The fourth-order valence-electron chi connectivity index (χ4n) is 3.41. The maximum Gasteiger partial charge on any atom is 0.413 e. The van der Waals surface area contributed by atoms with Crippen LogP contribution >= 0.6 is 7.94 Å². The summed E-state index contributed by atoms with van der Waals surface area (Å²) >= 11 is 0. The lowest BCUT2D eigenvalue weighted by Gasteiger charge is -2.21. The first-order valence-corrected chi connectivity index (χ1v) is 11.9. The molecule has 7 nitrogen and oxygen atoms in total. The van der Waals surface area contributed by atoms with E-state index in [-0.39, 0.29) is 11.7 Å². The monoisotopic (exact) mass is 456 g/mol. The van der Waals surface area contributed by atoms with E-state index in [0.29, 0.717) is 25.1 Å². The molecular weight excluding hydrogens is 432 g/mol. The minimum atomic E-state index is -2.83. The van der Waals surface area contributed by atoms with E-state index >= 15 is 0 Å². The number of amides is 1. The highest BCUT2D eigenvalue weighted by Gasteiger charge is 2.43. The first-order valence-electron chi connectivity index (χ1n) is 10.2. The fraction of sp³-hybridized carbons (Fsp3) is 0.217. The summed E-state index contributed by atoms with van der Waals surface area (Å²) < 4.78 is 25.8. The predicted molar refractivity (Wildman–Crippen MR) is 122 cm³/mol. The van der Waals surface area contributed by atoms with Crippen LogP contribution in [0.4, 0.5) is 10.1 Å². The molecule has 0 atom stereocenters. The molecule has 1 amide bonds. The molecule has 3 aromatic rings. The molecule has 9 heteroatoms. The third-order valence-corrected chi connectivity index (χ3v) is 6.91. The Morgan fingerprint density at radius 2 is 1.88 bits per heavy atom. The van der Waals surface area contributed by atoms with E-state index in [1.807, 2.05) is 12.1 Å². The lowest BCUT2D eigenvalue weighted by molar-refractivity contribution is -0.111. The van der Waals surface area contributed by atoms with Gasteiger partial charge in [0, 0.05) is 36.4 Å². The van der Waals surface area contributed by atoms with Crippen LogP contribution in [0.2, 0.25) is 0 Å². The van der Waals surface area contributed by atoms with Crippen molar-refractivity contribution in [2.75, 3.05) is 18.5 Å². The van der Waals surface area contributed by atoms with E-state index < -0.39 is 7.94 Å². The molecule has 166 valence electrons. The first-order chi connectivity index (χ1) is 15.4. The van der Waals surface area contributed by atoms with Gasteiger partial charge in [-0.15, -0.1) is 0 Å². The fourth-order valence-corrected chi connectivity index (χ4v) is 5.17. The lowest BCUT2D eigenvalue weighted by atomic mass is 10.1. The van der Waals surface area contributed by atoms with Crippen LogP contribution in [-0.4, -0.2) is 33.8 Å². The van der Waals surface area contributed by atoms with Gasteiger partial charge in [-0.2, -0.15) is 19.0 Å². The Balaban J connectivity index is 1.39.